The molecule has 0 aliphatic carbocycles. The van der Waals surface area contributed by atoms with Crippen molar-refractivity contribution in [3.05, 3.63) is 17.6 Å². The van der Waals surface area contributed by atoms with Crippen LogP contribution in [-0.2, 0) is 0 Å². The number of rotatable bonds is 0. The second kappa shape index (κ2) is 6.01. The maximum absolute atomic E-state index is 8.98. The van der Waals surface area contributed by atoms with E-state index in [-0.39, 0.29) is 0 Å². The summed E-state index contributed by atoms with van der Waals surface area (Å²) in [4.78, 5) is 8.98. The predicted molar refractivity (Wildman–Crippen MR) is 39.2 cm³/mol. The van der Waals surface area contributed by atoms with E-state index in [4.69, 9.17) is 4.79 Å². The van der Waals surface area contributed by atoms with Gasteiger partial charge in [-0.2, -0.15) is 0 Å². The molecule has 50 valence electrons. The maximum atomic E-state index is 8.98. The summed E-state index contributed by atoms with van der Waals surface area (Å²) in [5, 5.41) is 1.93. The Morgan fingerprint density at radius 2 is 2.11 bits per heavy atom. The Hall–Kier alpha value is -0.120. The lowest BCUT2D eigenvalue weighted by atomic mass is 10.8. The lowest BCUT2D eigenvalue weighted by Crippen LogP contribution is -1.46. The Balaban J connectivity index is 0.000000148. The molecule has 0 fully saturated rings. The quantitative estimate of drug-likeness (QED) is 0.580. The first-order valence-electron chi connectivity index (χ1n) is 1.93. The molecular formula is C4H3Cl2NOS. The highest BCUT2D eigenvalue weighted by Crippen LogP contribution is 1.84. The zero-order chi connectivity index (χ0) is 7.11. The standard InChI is InChI=1S/C3H3NS.CCl2O/c1-2-4-5-3-1;2-1(3)4/h1-3H;. The van der Waals surface area contributed by atoms with Crippen molar-refractivity contribution in [1.82, 2.24) is 4.37 Å². The number of carbonyl (C=O) groups excluding carboxylic acids is 1. The third-order valence-corrected chi connectivity index (χ3v) is 0.869. The van der Waals surface area contributed by atoms with Crippen molar-refractivity contribution in [1.29, 1.82) is 0 Å². The fourth-order valence-electron chi connectivity index (χ4n) is 0.176. The minimum absolute atomic E-state index is 0.889. The average Bonchev–Trinajstić information content (AvgIpc) is 2.11. The van der Waals surface area contributed by atoms with Crippen LogP contribution < -0.4 is 0 Å². The summed E-state index contributed by atoms with van der Waals surface area (Å²) >= 11 is 10.3. The smallest absolute Gasteiger partial charge is 0.262 e. The van der Waals surface area contributed by atoms with Crippen molar-refractivity contribution in [2.24, 2.45) is 0 Å². The van der Waals surface area contributed by atoms with Crippen molar-refractivity contribution in [3.63, 3.8) is 0 Å². The third-order valence-electron chi connectivity index (χ3n) is 0.347. The highest BCUT2D eigenvalue weighted by molar-refractivity contribution is 7.03. The Morgan fingerprint density at radius 1 is 1.56 bits per heavy atom. The lowest BCUT2D eigenvalue weighted by molar-refractivity contribution is 0.275. The number of aromatic nitrogens is 1. The van der Waals surface area contributed by atoms with E-state index in [2.05, 4.69) is 27.6 Å². The molecule has 0 bridgehead atoms. The molecule has 0 atom stereocenters. The maximum Gasteiger partial charge on any atom is 0.313 e. The fraction of sp³-hybridized carbons (Fsp3) is 0. The molecule has 1 heterocycles. The molecule has 0 saturated heterocycles. The second-order valence-corrected chi connectivity index (χ2v) is 2.49. The predicted octanol–water partition coefficient (Wildman–Crippen LogP) is 2.73. The van der Waals surface area contributed by atoms with Gasteiger partial charge in [0.2, 0.25) is 0 Å². The third kappa shape index (κ3) is 11.4. The van der Waals surface area contributed by atoms with E-state index in [1.54, 1.807) is 6.20 Å². The molecular weight excluding hydrogens is 181 g/mol. The van der Waals surface area contributed by atoms with Crippen LogP contribution >= 0.6 is 34.7 Å². The highest BCUT2D eigenvalue weighted by Gasteiger charge is 1.72. The molecule has 1 rings (SSSR count). The van der Waals surface area contributed by atoms with Crippen LogP contribution in [-0.4, -0.2) is 9.08 Å². The van der Waals surface area contributed by atoms with Gasteiger partial charge in [0, 0.05) is 11.6 Å². The summed E-state index contributed by atoms with van der Waals surface area (Å²) in [7, 11) is 0. The largest absolute Gasteiger partial charge is 0.313 e. The highest BCUT2D eigenvalue weighted by atomic mass is 35.5. The molecule has 2 nitrogen and oxygen atoms in total. The summed E-state index contributed by atoms with van der Waals surface area (Å²) in [5.74, 6) is 0. The van der Waals surface area contributed by atoms with Crippen LogP contribution in [0, 0.1) is 0 Å². The molecule has 0 N–H and O–H groups in total. The first kappa shape index (κ1) is 8.88. The Labute approximate surface area is 66.6 Å². The summed E-state index contributed by atoms with van der Waals surface area (Å²) < 4.78 is 2.88. The van der Waals surface area contributed by atoms with E-state index in [1.807, 2.05) is 11.4 Å². The number of halogens is 2. The van der Waals surface area contributed by atoms with Crippen molar-refractivity contribution >= 4 is 39.4 Å². The van der Waals surface area contributed by atoms with Crippen molar-refractivity contribution in [2.75, 3.05) is 0 Å². The van der Waals surface area contributed by atoms with Gasteiger partial charge in [-0.05, 0) is 40.8 Å². The minimum Gasteiger partial charge on any atom is -0.262 e. The van der Waals surface area contributed by atoms with E-state index in [0.29, 0.717) is 0 Å². The van der Waals surface area contributed by atoms with E-state index < -0.39 is 4.70 Å². The molecule has 0 amide bonds. The number of carbonyl (C=O) groups is 1. The molecule has 5 heteroatoms. The lowest BCUT2D eigenvalue weighted by Gasteiger charge is -1.48. The van der Waals surface area contributed by atoms with E-state index >= 15 is 0 Å². The van der Waals surface area contributed by atoms with Crippen LogP contribution in [0.5, 0.6) is 0 Å². The van der Waals surface area contributed by atoms with Gasteiger partial charge in [0.05, 0.1) is 0 Å². The van der Waals surface area contributed by atoms with Gasteiger partial charge in [-0.1, -0.05) is 0 Å². The van der Waals surface area contributed by atoms with Gasteiger partial charge in [-0.3, -0.25) is 4.79 Å². The van der Waals surface area contributed by atoms with Crippen molar-refractivity contribution in [3.8, 4) is 0 Å². The minimum atomic E-state index is -0.889. The molecule has 0 spiro atoms. The Morgan fingerprint density at radius 3 is 2.22 bits per heavy atom. The second-order valence-electron chi connectivity index (χ2n) is 0.914. The van der Waals surface area contributed by atoms with Crippen molar-refractivity contribution < 1.29 is 4.79 Å². The van der Waals surface area contributed by atoms with Crippen LogP contribution in [0.3, 0.4) is 0 Å². The Bertz CT molecular complexity index is 132. The number of nitrogens with zero attached hydrogens (tertiary/aromatic N) is 1. The van der Waals surface area contributed by atoms with Crippen LogP contribution in [0.15, 0.2) is 17.6 Å². The van der Waals surface area contributed by atoms with Crippen LogP contribution in [0.25, 0.3) is 0 Å². The van der Waals surface area contributed by atoms with Crippen molar-refractivity contribution in [2.45, 2.75) is 0 Å². The molecule has 1 aromatic rings. The van der Waals surface area contributed by atoms with Crippen LogP contribution in [0.4, 0.5) is 4.79 Å². The first-order valence-corrected chi connectivity index (χ1v) is 3.52. The van der Waals surface area contributed by atoms with Gasteiger partial charge < -0.3 is 0 Å². The monoisotopic (exact) mass is 183 g/mol. The molecule has 1 aromatic heterocycles. The molecule has 9 heavy (non-hydrogen) atoms. The molecule has 0 aliphatic heterocycles. The molecule has 0 aliphatic rings. The fourth-order valence-corrected chi connectivity index (χ4v) is 0.527. The normalized spacial score (nSPS) is 7.33. The summed E-state index contributed by atoms with van der Waals surface area (Å²) in [5.41, 5.74) is 0. The summed E-state index contributed by atoms with van der Waals surface area (Å²) in [6, 6.07) is 1.91. The van der Waals surface area contributed by atoms with Gasteiger partial charge in [0.1, 0.15) is 0 Å². The number of hydrogen-bond acceptors (Lipinski definition) is 3. The Kier molecular flexibility index (Phi) is 5.93. The average molecular weight is 184 g/mol. The van der Waals surface area contributed by atoms with Gasteiger partial charge in [-0.15, -0.1) is 0 Å². The van der Waals surface area contributed by atoms with E-state index in [9.17, 15) is 0 Å². The van der Waals surface area contributed by atoms with E-state index in [0.717, 1.165) is 0 Å². The molecule has 0 unspecified atom stereocenters. The van der Waals surface area contributed by atoms with Crippen LogP contribution in [0.1, 0.15) is 0 Å². The molecule has 0 radical (unpaired) electrons. The zero-order valence-corrected chi connectivity index (χ0v) is 6.58. The SMILES string of the molecule is O=C(Cl)Cl.c1cnsc1. The summed E-state index contributed by atoms with van der Waals surface area (Å²) in [6.45, 7) is 0. The van der Waals surface area contributed by atoms with Crippen LogP contribution in [0.2, 0.25) is 0 Å². The number of hydrogen-bond donors (Lipinski definition) is 0. The van der Waals surface area contributed by atoms with Gasteiger partial charge in [-0.25, -0.2) is 4.37 Å². The molecule has 0 saturated carbocycles. The topological polar surface area (TPSA) is 30.0 Å². The van der Waals surface area contributed by atoms with Gasteiger partial charge in [0.25, 0.3) is 0 Å². The first-order chi connectivity index (χ1) is 4.23. The molecule has 0 aromatic carbocycles. The van der Waals surface area contributed by atoms with E-state index in [1.165, 1.54) is 11.5 Å². The summed E-state index contributed by atoms with van der Waals surface area (Å²) in [6.07, 6.45) is 1.77. The zero-order valence-electron chi connectivity index (χ0n) is 4.25. The van der Waals surface area contributed by atoms with Gasteiger partial charge in [0.15, 0.2) is 0 Å². The van der Waals surface area contributed by atoms with Gasteiger partial charge >= 0.3 is 4.70 Å².